The molecule has 1 aromatic rings. The van der Waals surface area contributed by atoms with E-state index >= 15 is 0 Å². The van der Waals surface area contributed by atoms with Gasteiger partial charge in [0.05, 0.1) is 18.3 Å². The van der Waals surface area contributed by atoms with Crippen LogP contribution in [0.15, 0.2) is 32.8 Å². The van der Waals surface area contributed by atoms with Crippen molar-refractivity contribution in [3.05, 3.63) is 12.3 Å². The molecule has 2 bridgehead atoms. The fourth-order valence-corrected chi connectivity index (χ4v) is 5.63. The number of hydrogen-bond donors (Lipinski definition) is 0. The normalized spacial score (nSPS) is 43.7. The second-order valence-corrected chi connectivity index (χ2v) is 7.73. The first kappa shape index (κ1) is 12.6. The van der Waals surface area contributed by atoms with Crippen molar-refractivity contribution in [3.8, 4) is 0 Å². The van der Waals surface area contributed by atoms with Crippen molar-refractivity contribution in [1.82, 2.24) is 9.78 Å². The number of anilines is 1. The second-order valence-electron chi connectivity index (χ2n) is 7.73. The molecule has 1 aromatic heterocycles. The smallest absolute Gasteiger partial charge is 0.149 e. The number of fused-ring (bicyclic) bond motifs is 8. The molecule has 3 saturated carbocycles. The molecule has 6 atom stereocenters. The van der Waals surface area contributed by atoms with E-state index in [1.165, 1.54) is 38.5 Å². The zero-order valence-corrected chi connectivity index (χ0v) is 13.1. The van der Waals surface area contributed by atoms with Gasteiger partial charge in [-0.1, -0.05) is 24.5 Å². The number of azo groups is 1. The van der Waals surface area contributed by atoms with Gasteiger partial charge in [0.25, 0.3) is 0 Å². The minimum Gasteiger partial charge on any atom is -0.245 e. The minimum absolute atomic E-state index is 0.315. The summed E-state index contributed by atoms with van der Waals surface area (Å²) in [5.74, 6) is 2.26. The molecule has 3 heterocycles. The van der Waals surface area contributed by atoms with Crippen LogP contribution in [-0.2, 0) is 0 Å². The average molecular weight is 311 g/mol. The summed E-state index contributed by atoms with van der Waals surface area (Å²) in [4.78, 5) is 0. The number of aromatic nitrogens is 2. The molecule has 7 nitrogen and oxygen atoms in total. The molecular weight excluding hydrogens is 290 g/mol. The standard InChI is InChI=1S/C16H21N7/c1-2-4-9(5-3-1)22-12(6-7-17-22)23-16-11-8-10(15(16)20-21-23)13-14(11)19-18-13/h6-7,9-11,13-16H,1-5,8H2/t10-,11+,13+,14-,15-,16+/m0/s1. The van der Waals surface area contributed by atoms with Crippen LogP contribution in [0.3, 0.4) is 0 Å². The Morgan fingerprint density at radius 1 is 0.913 bits per heavy atom. The fraction of sp³-hybridized carbons (Fsp3) is 0.812. The molecule has 6 rings (SSSR count). The van der Waals surface area contributed by atoms with Crippen molar-refractivity contribution in [2.75, 3.05) is 5.01 Å². The predicted molar refractivity (Wildman–Crippen MR) is 83.3 cm³/mol. The van der Waals surface area contributed by atoms with Gasteiger partial charge in [-0.15, -0.1) is 0 Å². The van der Waals surface area contributed by atoms with Gasteiger partial charge in [-0.3, -0.25) is 0 Å². The number of nitrogens with zero attached hydrogens (tertiary/aromatic N) is 7. The summed E-state index contributed by atoms with van der Waals surface area (Å²) in [6.07, 6.45) is 9.59. The van der Waals surface area contributed by atoms with Gasteiger partial charge in [0.1, 0.15) is 23.9 Å². The van der Waals surface area contributed by atoms with Crippen LogP contribution in [0, 0.1) is 11.8 Å². The SMILES string of the molecule is c1cc(N2N=N[C@H]3[C@H]4C[C@H]([C@@H]5N=N[C@H]45)[C@H]32)n(C2CCCCC2)n1. The zero-order chi connectivity index (χ0) is 15.0. The highest BCUT2D eigenvalue weighted by atomic mass is 15.6. The topological polar surface area (TPSA) is 70.5 Å². The third-order valence-corrected chi connectivity index (χ3v) is 6.70. The van der Waals surface area contributed by atoms with E-state index in [0.29, 0.717) is 42.0 Å². The molecule has 0 aromatic carbocycles. The van der Waals surface area contributed by atoms with Crippen LogP contribution in [0.25, 0.3) is 0 Å². The van der Waals surface area contributed by atoms with E-state index in [2.05, 4.69) is 41.4 Å². The lowest BCUT2D eigenvalue weighted by Gasteiger charge is -2.38. The van der Waals surface area contributed by atoms with Crippen molar-refractivity contribution in [2.45, 2.75) is 68.7 Å². The van der Waals surface area contributed by atoms with Gasteiger partial charge in [0, 0.05) is 17.9 Å². The molecule has 0 unspecified atom stereocenters. The molecule has 3 aliphatic carbocycles. The average Bonchev–Trinajstić information content (AvgIpc) is 3.27. The molecule has 7 heteroatoms. The van der Waals surface area contributed by atoms with Crippen LogP contribution in [0.5, 0.6) is 0 Å². The molecule has 2 aliphatic heterocycles. The zero-order valence-electron chi connectivity index (χ0n) is 13.1. The highest BCUT2D eigenvalue weighted by molar-refractivity contribution is 5.43. The summed E-state index contributed by atoms with van der Waals surface area (Å²) in [6, 6.07) is 4.19. The molecule has 120 valence electrons. The summed E-state index contributed by atoms with van der Waals surface area (Å²) in [7, 11) is 0. The molecule has 0 amide bonds. The molecule has 23 heavy (non-hydrogen) atoms. The van der Waals surface area contributed by atoms with Crippen LogP contribution in [0.4, 0.5) is 5.82 Å². The number of rotatable bonds is 2. The Labute approximate surface area is 134 Å². The molecule has 0 radical (unpaired) electrons. The highest BCUT2D eigenvalue weighted by Gasteiger charge is 2.65. The van der Waals surface area contributed by atoms with E-state index in [1.54, 1.807) is 0 Å². The van der Waals surface area contributed by atoms with E-state index in [0.717, 1.165) is 5.82 Å². The second kappa shape index (κ2) is 4.39. The largest absolute Gasteiger partial charge is 0.245 e. The first-order chi connectivity index (χ1) is 11.4. The van der Waals surface area contributed by atoms with Crippen molar-refractivity contribution in [1.29, 1.82) is 0 Å². The van der Waals surface area contributed by atoms with Crippen molar-refractivity contribution < 1.29 is 0 Å². The van der Waals surface area contributed by atoms with E-state index in [-0.39, 0.29) is 0 Å². The minimum atomic E-state index is 0.315. The van der Waals surface area contributed by atoms with Gasteiger partial charge in [-0.05, 0) is 19.3 Å². The van der Waals surface area contributed by atoms with Gasteiger partial charge in [0.15, 0.2) is 0 Å². The first-order valence-corrected chi connectivity index (χ1v) is 9.05. The van der Waals surface area contributed by atoms with Crippen molar-refractivity contribution in [3.63, 3.8) is 0 Å². The lowest BCUT2D eigenvalue weighted by atomic mass is 9.82. The third kappa shape index (κ3) is 1.53. The monoisotopic (exact) mass is 311 g/mol. The highest BCUT2D eigenvalue weighted by Crippen LogP contribution is 2.56. The van der Waals surface area contributed by atoms with Gasteiger partial charge in [-0.2, -0.15) is 20.4 Å². The molecular formula is C16H21N7. The maximum atomic E-state index is 4.64. The van der Waals surface area contributed by atoms with E-state index in [4.69, 9.17) is 0 Å². The first-order valence-electron chi connectivity index (χ1n) is 9.05. The maximum absolute atomic E-state index is 4.64. The lowest BCUT2D eigenvalue weighted by Crippen LogP contribution is -2.52. The van der Waals surface area contributed by atoms with Crippen LogP contribution in [0.1, 0.15) is 44.6 Å². The summed E-state index contributed by atoms with van der Waals surface area (Å²) >= 11 is 0. The predicted octanol–water partition coefficient (Wildman–Crippen LogP) is 3.17. The summed E-state index contributed by atoms with van der Waals surface area (Å²) in [5.41, 5.74) is 0. The summed E-state index contributed by atoms with van der Waals surface area (Å²) in [5, 5.41) is 24.7. The van der Waals surface area contributed by atoms with Gasteiger partial charge in [0.2, 0.25) is 0 Å². The summed E-state index contributed by atoms with van der Waals surface area (Å²) in [6.45, 7) is 0. The molecule has 5 aliphatic rings. The van der Waals surface area contributed by atoms with Crippen molar-refractivity contribution >= 4 is 5.82 Å². The van der Waals surface area contributed by atoms with Gasteiger partial charge in [-0.25, -0.2) is 9.69 Å². The molecule has 0 N–H and O–H groups in total. The molecule has 3 fully saturated rings. The van der Waals surface area contributed by atoms with E-state index in [9.17, 15) is 0 Å². The van der Waals surface area contributed by atoms with Crippen LogP contribution >= 0.6 is 0 Å². The maximum Gasteiger partial charge on any atom is 0.149 e. The van der Waals surface area contributed by atoms with Crippen LogP contribution in [-0.4, -0.2) is 33.9 Å². The van der Waals surface area contributed by atoms with Crippen LogP contribution < -0.4 is 5.01 Å². The molecule has 0 spiro atoms. The third-order valence-electron chi connectivity index (χ3n) is 6.70. The van der Waals surface area contributed by atoms with E-state index in [1.807, 2.05) is 6.20 Å². The quantitative estimate of drug-likeness (QED) is 0.841. The molecule has 0 saturated heterocycles. The van der Waals surface area contributed by atoms with Crippen LogP contribution in [0.2, 0.25) is 0 Å². The Morgan fingerprint density at radius 2 is 1.74 bits per heavy atom. The van der Waals surface area contributed by atoms with Gasteiger partial charge >= 0.3 is 0 Å². The lowest BCUT2D eigenvalue weighted by molar-refractivity contribution is 0.240. The Balaban J connectivity index is 1.34. The Hall–Kier alpha value is -1.79. The Morgan fingerprint density at radius 3 is 2.57 bits per heavy atom. The summed E-state index contributed by atoms with van der Waals surface area (Å²) < 4.78 is 2.21. The fourth-order valence-electron chi connectivity index (χ4n) is 5.63. The Bertz CT molecular complexity index is 688. The van der Waals surface area contributed by atoms with Gasteiger partial charge < -0.3 is 0 Å². The number of hydrogen-bond acceptors (Lipinski definition) is 6. The van der Waals surface area contributed by atoms with E-state index < -0.39 is 0 Å². The Kier molecular flexibility index (Phi) is 2.41. The van der Waals surface area contributed by atoms with Crippen molar-refractivity contribution in [2.24, 2.45) is 32.4 Å².